The molecule has 144 valence electrons. The van der Waals surface area contributed by atoms with E-state index in [1.807, 2.05) is 65.4 Å². The van der Waals surface area contributed by atoms with Crippen molar-refractivity contribution in [3.8, 4) is 6.07 Å². The summed E-state index contributed by atoms with van der Waals surface area (Å²) in [6.45, 7) is 2.26. The van der Waals surface area contributed by atoms with Gasteiger partial charge in [-0.05, 0) is 43.0 Å². The molecule has 0 aliphatic rings. The Kier molecular flexibility index (Phi) is 5.36. The number of carbonyl (C=O) groups is 1. The molecule has 0 bridgehead atoms. The third-order valence-electron chi connectivity index (χ3n) is 4.40. The van der Waals surface area contributed by atoms with Gasteiger partial charge in [0.25, 0.3) is 0 Å². The fourth-order valence-electron chi connectivity index (χ4n) is 3.17. The number of para-hydroxylation sites is 3. The number of benzene rings is 2. The summed E-state index contributed by atoms with van der Waals surface area (Å²) in [7, 11) is 0. The molecule has 0 amide bonds. The molecule has 0 fully saturated rings. The lowest BCUT2D eigenvalue weighted by atomic mass is 10.1. The fraction of sp³-hybridized carbons (Fsp3) is 0.136. The fourth-order valence-corrected chi connectivity index (χ4v) is 3.92. The summed E-state index contributed by atoms with van der Waals surface area (Å²) < 4.78 is 6.92. The molecule has 0 spiro atoms. The number of nitriles is 1. The molecule has 4 aromatic rings. The van der Waals surface area contributed by atoms with Gasteiger partial charge in [0.2, 0.25) is 0 Å². The predicted octanol–water partition coefficient (Wildman–Crippen LogP) is 4.74. The van der Waals surface area contributed by atoms with Crippen LogP contribution in [-0.2, 0) is 16.1 Å². The third-order valence-corrected chi connectivity index (χ3v) is 5.21. The monoisotopic (exact) mass is 402 g/mol. The first kappa shape index (κ1) is 18.8. The predicted molar refractivity (Wildman–Crippen MR) is 114 cm³/mol. The van der Waals surface area contributed by atoms with E-state index in [0.29, 0.717) is 16.7 Å². The van der Waals surface area contributed by atoms with Crippen LogP contribution in [0.2, 0.25) is 0 Å². The Morgan fingerprint density at radius 3 is 2.86 bits per heavy atom. The number of esters is 1. The average molecular weight is 402 g/mol. The van der Waals surface area contributed by atoms with E-state index in [-0.39, 0.29) is 12.5 Å². The molecule has 0 unspecified atom stereocenters. The molecule has 0 radical (unpaired) electrons. The van der Waals surface area contributed by atoms with Crippen LogP contribution in [0.15, 0.2) is 64.8 Å². The highest BCUT2D eigenvalue weighted by molar-refractivity contribution is 8.03. The second-order valence-electron chi connectivity index (χ2n) is 6.32. The number of imidazole rings is 1. The van der Waals surface area contributed by atoms with Crippen LogP contribution < -0.4 is 0 Å². The maximum Gasteiger partial charge on any atom is 0.325 e. The molecular formula is C22H18N4O2S. The summed E-state index contributed by atoms with van der Waals surface area (Å²) in [4.78, 5) is 20.2. The molecule has 1 N–H and O–H groups in total. The van der Waals surface area contributed by atoms with E-state index in [0.717, 1.165) is 27.5 Å². The van der Waals surface area contributed by atoms with Gasteiger partial charge in [0.1, 0.15) is 12.6 Å². The van der Waals surface area contributed by atoms with Gasteiger partial charge in [-0.15, -0.1) is 0 Å². The van der Waals surface area contributed by atoms with Crippen molar-refractivity contribution in [3.05, 3.63) is 65.2 Å². The van der Waals surface area contributed by atoms with Crippen LogP contribution in [0.5, 0.6) is 0 Å². The summed E-state index contributed by atoms with van der Waals surface area (Å²) in [6, 6.07) is 17.8. The topological polar surface area (TPSA) is 83.7 Å². The van der Waals surface area contributed by atoms with Crippen molar-refractivity contribution < 1.29 is 9.53 Å². The standard InChI is InChI=1S/C22H18N4O2S/c1-2-28-21(27)14-26-13-15(17-7-3-6-10-20(17)26)11-16(12-23)29-22-24-18-8-4-5-9-19(18)25-22/h3-11,13H,2,14H2,1H3,(H,24,25)/b16-11+. The van der Waals surface area contributed by atoms with Gasteiger partial charge in [-0.1, -0.05) is 30.3 Å². The highest BCUT2D eigenvalue weighted by Gasteiger charge is 2.12. The smallest absolute Gasteiger partial charge is 0.325 e. The van der Waals surface area contributed by atoms with Crippen LogP contribution in [0.4, 0.5) is 0 Å². The molecule has 0 aliphatic heterocycles. The Morgan fingerprint density at radius 2 is 2.07 bits per heavy atom. The molecule has 0 saturated heterocycles. The van der Waals surface area contributed by atoms with E-state index in [2.05, 4.69) is 16.0 Å². The van der Waals surface area contributed by atoms with Crippen molar-refractivity contribution in [2.24, 2.45) is 0 Å². The molecule has 29 heavy (non-hydrogen) atoms. The number of allylic oxidation sites excluding steroid dienone is 1. The number of aromatic amines is 1. The number of carbonyl (C=O) groups excluding carboxylic acids is 1. The largest absolute Gasteiger partial charge is 0.465 e. The molecule has 6 nitrogen and oxygen atoms in total. The van der Waals surface area contributed by atoms with Crippen LogP contribution in [0.3, 0.4) is 0 Å². The minimum absolute atomic E-state index is 0.126. The van der Waals surface area contributed by atoms with E-state index in [1.54, 1.807) is 6.92 Å². The van der Waals surface area contributed by atoms with E-state index in [1.165, 1.54) is 11.8 Å². The van der Waals surface area contributed by atoms with Crippen LogP contribution in [0.25, 0.3) is 28.0 Å². The van der Waals surface area contributed by atoms with Gasteiger partial charge in [0.15, 0.2) is 5.16 Å². The lowest BCUT2D eigenvalue weighted by molar-refractivity contribution is -0.143. The Hall–Kier alpha value is -3.50. The molecule has 2 aromatic carbocycles. The van der Waals surface area contributed by atoms with Crippen LogP contribution in [0, 0.1) is 11.3 Å². The number of hydrogen-bond donors (Lipinski definition) is 1. The summed E-state index contributed by atoms with van der Waals surface area (Å²) in [5, 5.41) is 11.3. The maximum atomic E-state index is 11.9. The number of H-pyrrole nitrogens is 1. The van der Waals surface area contributed by atoms with Crippen molar-refractivity contribution in [1.82, 2.24) is 14.5 Å². The summed E-state index contributed by atoms with van der Waals surface area (Å²) in [5.74, 6) is -0.291. The van der Waals surface area contributed by atoms with E-state index in [4.69, 9.17) is 4.74 Å². The Balaban J connectivity index is 1.68. The highest BCUT2D eigenvalue weighted by atomic mass is 32.2. The van der Waals surface area contributed by atoms with E-state index >= 15 is 0 Å². The summed E-state index contributed by atoms with van der Waals surface area (Å²) >= 11 is 1.28. The molecule has 0 aliphatic carbocycles. The average Bonchev–Trinajstić information content (AvgIpc) is 3.29. The van der Waals surface area contributed by atoms with Gasteiger partial charge in [0, 0.05) is 22.7 Å². The van der Waals surface area contributed by atoms with E-state index < -0.39 is 0 Å². The lowest BCUT2D eigenvalue weighted by Gasteiger charge is -2.04. The second kappa shape index (κ2) is 8.25. The Morgan fingerprint density at radius 1 is 1.28 bits per heavy atom. The van der Waals surface area contributed by atoms with Crippen LogP contribution in [0.1, 0.15) is 12.5 Å². The van der Waals surface area contributed by atoms with Gasteiger partial charge in [-0.3, -0.25) is 4.79 Å². The third kappa shape index (κ3) is 4.03. The van der Waals surface area contributed by atoms with Gasteiger partial charge < -0.3 is 14.3 Å². The zero-order valence-electron chi connectivity index (χ0n) is 15.8. The minimum atomic E-state index is -0.291. The second-order valence-corrected chi connectivity index (χ2v) is 7.35. The number of nitrogens with zero attached hydrogens (tertiary/aromatic N) is 3. The zero-order chi connectivity index (χ0) is 20.2. The summed E-state index contributed by atoms with van der Waals surface area (Å²) in [5.41, 5.74) is 3.57. The molecular weight excluding hydrogens is 384 g/mol. The first-order valence-electron chi connectivity index (χ1n) is 9.16. The molecule has 2 heterocycles. The van der Waals surface area contributed by atoms with E-state index in [9.17, 15) is 10.1 Å². The van der Waals surface area contributed by atoms with Gasteiger partial charge >= 0.3 is 5.97 Å². The number of ether oxygens (including phenoxy) is 1. The summed E-state index contributed by atoms with van der Waals surface area (Å²) in [6.07, 6.45) is 3.69. The van der Waals surface area contributed by atoms with Crippen molar-refractivity contribution >= 4 is 45.7 Å². The van der Waals surface area contributed by atoms with Gasteiger partial charge in [-0.25, -0.2) is 4.98 Å². The maximum absolute atomic E-state index is 11.9. The first-order valence-corrected chi connectivity index (χ1v) is 9.97. The highest BCUT2D eigenvalue weighted by Crippen LogP contribution is 2.30. The molecule has 2 aromatic heterocycles. The number of aromatic nitrogens is 3. The number of thioether (sulfide) groups is 1. The van der Waals surface area contributed by atoms with Crippen LogP contribution >= 0.6 is 11.8 Å². The lowest BCUT2D eigenvalue weighted by Crippen LogP contribution is -2.12. The SMILES string of the molecule is CCOC(=O)Cn1cc(/C=C(\C#N)Sc2nc3ccccc3[nH]2)c2ccccc21. The number of fused-ring (bicyclic) bond motifs is 2. The molecule has 0 saturated carbocycles. The van der Waals surface area contributed by atoms with Gasteiger partial charge in [0.05, 0.1) is 22.5 Å². The normalized spacial score (nSPS) is 11.7. The van der Waals surface area contributed by atoms with Crippen LogP contribution in [-0.4, -0.2) is 27.1 Å². The quantitative estimate of drug-likeness (QED) is 0.286. The number of rotatable bonds is 6. The van der Waals surface area contributed by atoms with Crippen molar-refractivity contribution in [2.45, 2.75) is 18.6 Å². The molecule has 0 atom stereocenters. The van der Waals surface area contributed by atoms with Crippen molar-refractivity contribution in [2.75, 3.05) is 6.61 Å². The first-order chi connectivity index (χ1) is 14.2. The minimum Gasteiger partial charge on any atom is -0.465 e. The molecule has 4 rings (SSSR count). The molecule has 7 heteroatoms. The Bertz CT molecular complexity index is 1230. The van der Waals surface area contributed by atoms with Crippen molar-refractivity contribution in [1.29, 1.82) is 5.26 Å². The van der Waals surface area contributed by atoms with Gasteiger partial charge in [-0.2, -0.15) is 5.26 Å². The zero-order valence-corrected chi connectivity index (χ0v) is 16.6. The van der Waals surface area contributed by atoms with Crippen molar-refractivity contribution in [3.63, 3.8) is 0 Å². The number of hydrogen-bond acceptors (Lipinski definition) is 5. The Labute approximate surface area is 171 Å². The number of nitrogens with one attached hydrogen (secondary N) is 1.